The van der Waals surface area contributed by atoms with Crippen LogP contribution in [0.3, 0.4) is 0 Å². The second-order valence-electron chi connectivity index (χ2n) is 11.0. The van der Waals surface area contributed by atoms with E-state index in [2.05, 4.69) is 10.3 Å². The Kier molecular flexibility index (Phi) is 11.8. The minimum Gasteiger partial charge on any atom is -0.480 e. The summed E-state index contributed by atoms with van der Waals surface area (Å²) in [7, 11) is 0. The third-order valence-electron chi connectivity index (χ3n) is 7.76. The van der Waals surface area contributed by atoms with Crippen LogP contribution in [0.1, 0.15) is 47.6 Å². The molecule has 0 spiro atoms. The number of fused-ring (bicyclic) bond motifs is 3. The molecule has 1 fully saturated rings. The number of piperidine rings is 1. The van der Waals surface area contributed by atoms with Crippen LogP contribution in [-0.4, -0.2) is 72.5 Å². The molecule has 2 amide bonds. The fraction of sp³-hybridized carbons (Fsp3) is 0.333. The van der Waals surface area contributed by atoms with E-state index in [0.29, 0.717) is 25.7 Å². The molecule has 1 saturated heterocycles. The van der Waals surface area contributed by atoms with Crippen molar-refractivity contribution >= 4 is 40.6 Å². The number of pyridine rings is 1. The van der Waals surface area contributed by atoms with E-state index in [9.17, 15) is 37.5 Å². The number of carboxylic acid groups (broad SMARTS) is 2. The van der Waals surface area contributed by atoms with Gasteiger partial charge in [-0.25, -0.2) is 9.59 Å². The summed E-state index contributed by atoms with van der Waals surface area (Å²) in [6.45, 7) is 0. The zero-order valence-corrected chi connectivity index (χ0v) is 25.7. The molecule has 2 aromatic carbocycles. The first-order valence-electron chi connectivity index (χ1n) is 14.7. The second kappa shape index (κ2) is 15.7. The van der Waals surface area contributed by atoms with Gasteiger partial charge in [0, 0.05) is 25.2 Å². The summed E-state index contributed by atoms with van der Waals surface area (Å²) >= 11 is 0.954. The number of hydrogen-bond acceptors (Lipinski definition) is 7. The number of carboxylic acids is 2. The number of thioether (sulfide) groups is 1. The Hall–Kier alpha value is -4.72. The van der Waals surface area contributed by atoms with Crippen molar-refractivity contribution in [3.8, 4) is 0 Å². The molecular weight excluding hydrogens is 639 g/mol. The SMILES string of the molecule is O=C(Cc1cccnc1)S[C@@H](Cc1ccccc1)C(=O)N[C@H]1Cc2ccccc2[C@H]2CCC[C@@H](C(=O)O)N2C1=O.O=C(O)C(F)(F)F. The van der Waals surface area contributed by atoms with E-state index in [-0.39, 0.29) is 24.0 Å². The Labute approximate surface area is 272 Å². The molecule has 2 aliphatic heterocycles. The molecule has 0 radical (unpaired) electrons. The number of benzene rings is 2. The molecule has 3 N–H and O–H groups in total. The van der Waals surface area contributed by atoms with Crippen LogP contribution in [0, 0.1) is 0 Å². The number of carbonyl (C=O) groups is 5. The van der Waals surface area contributed by atoms with Gasteiger partial charge in [0.15, 0.2) is 5.12 Å². The lowest BCUT2D eigenvalue weighted by Gasteiger charge is -2.40. The molecule has 2 aliphatic rings. The minimum absolute atomic E-state index is 0.128. The van der Waals surface area contributed by atoms with Crippen LogP contribution in [-0.2, 0) is 43.2 Å². The first-order valence-corrected chi connectivity index (χ1v) is 15.6. The van der Waals surface area contributed by atoms with Crippen molar-refractivity contribution in [1.82, 2.24) is 15.2 Å². The van der Waals surface area contributed by atoms with Crippen molar-refractivity contribution in [3.63, 3.8) is 0 Å². The lowest BCUT2D eigenvalue weighted by atomic mass is 9.89. The van der Waals surface area contributed by atoms with Crippen molar-refractivity contribution in [2.75, 3.05) is 0 Å². The van der Waals surface area contributed by atoms with E-state index >= 15 is 0 Å². The number of carbonyl (C=O) groups excluding carboxylic acids is 3. The Bertz CT molecular complexity index is 1590. The van der Waals surface area contributed by atoms with Crippen LogP contribution >= 0.6 is 11.8 Å². The van der Waals surface area contributed by atoms with Crippen LogP contribution in [0.2, 0.25) is 0 Å². The van der Waals surface area contributed by atoms with Crippen LogP contribution in [0.5, 0.6) is 0 Å². The fourth-order valence-electron chi connectivity index (χ4n) is 5.65. The summed E-state index contributed by atoms with van der Waals surface area (Å²) in [6.07, 6.45) is 0.605. The number of aromatic nitrogens is 1. The van der Waals surface area contributed by atoms with Crippen molar-refractivity contribution < 1.29 is 47.4 Å². The Morgan fingerprint density at radius 2 is 1.62 bits per heavy atom. The van der Waals surface area contributed by atoms with E-state index < -0.39 is 47.3 Å². The van der Waals surface area contributed by atoms with Crippen LogP contribution < -0.4 is 5.32 Å². The second-order valence-corrected chi connectivity index (χ2v) is 12.3. The van der Waals surface area contributed by atoms with E-state index in [1.807, 2.05) is 60.7 Å². The maximum Gasteiger partial charge on any atom is 0.490 e. The third kappa shape index (κ3) is 9.41. The van der Waals surface area contributed by atoms with Gasteiger partial charge in [-0.2, -0.15) is 13.2 Å². The first kappa shape index (κ1) is 35.1. The zero-order valence-electron chi connectivity index (χ0n) is 24.9. The van der Waals surface area contributed by atoms with Gasteiger partial charge >= 0.3 is 18.1 Å². The van der Waals surface area contributed by atoms with Crippen LogP contribution in [0.15, 0.2) is 79.1 Å². The molecule has 10 nitrogen and oxygen atoms in total. The van der Waals surface area contributed by atoms with Crippen molar-refractivity contribution in [2.45, 2.75) is 68.1 Å². The maximum atomic E-state index is 13.9. The highest BCUT2D eigenvalue weighted by atomic mass is 32.2. The van der Waals surface area contributed by atoms with Gasteiger partial charge < -0.3 is 20.4 Å². The topological polar surface area (TPSA) is 154 Å². The normalized spacial score (nSPS) is 19.5. The van der Waals surface area contributed by atoms with Gasteiger partial charge in [0.05, 0.1) is 11.3 Å². The monoisotopic (exact) mass is 671 g/mol. The molecule has 0 saturated carbocycles. The number of alkyl halides is 3. The Morgan fingerprint density at radius 3 is 2.26 bits per heavy atom. The van der Waals surface area contributed by atoms with Gasteiger partial charge in [-0.05, 0) is 54.0 Å². The Morgan fingerprint density at radius 1 is 0.957 bits per heavy atom. The number of amides is 2. The third-order valence-corrected chi connectivity index (χ3v) is 8.84. The quantitative estimate of drug-likeness (QED) is 0.317. The molecule has 47 heavy (non-hydrogen) atoms. The lowest BCUT2D eigenvalue weighted by molar-refractivity contribution is -0.192. The first-order chi connectivity index (χ1) is 22.3. The average molecular weight is 672 g/mol. The van der Waals surface area contributed by atoms with E-state index in [0.717, 1.165) is 34.0 Å². The van der Waals surface area contributed by atoms with E-state index in [1.165, 1.54) is 4.90 Å². The highest BCUT2D eigenvalue weighted by molar-refractivity contribution is 8.14. The molecule has 14 heteroatoms. The van der Waals surface area contributed by atoms with Gasteiger partial charge in [0.25, 0.3) is 0 Å². The molecule has 3 aromatic rings. The fourth-order valence-corrected chi connectivity index (χ4v) is 6.67. The van der Waals surface area contributed by atoms with Gasteiger partial charge in [0.1, 0.15) is 12.1 Å². The minimum atomic E-state index is -5.08. The maximum absolute atomic E-state index is 13.9. The summed E-state index contributed by atoms with van der Waals surface area (Å²) < 4.78 is 31.7. The summed E-state index contributed by atoms with van der Waals surface area (Å²) in [5, 5.41) is 19.0. The number of nitrogens with one attached hydrogen (secondary N) is 1. The number of nitrogens with zero attached hydrogens (tertiary/aromatic N) is 2. The van der Waals surface area contributed by atoms with Crippen LogP contribution in [0.4, 0.5) is 13.2 Å². The van der Waals surface area contributed by atoms with E-state index in [1.54, 1.807) is 18.5 Å². The smallest absolute Gasteiger partial charge is 0.480 e. The van der Waals surface area contributed by atoms with Gasteiger partial charge in [-0.15, -0.1) is 0 Å². The molecule has 248 valence electrons. The molecule has 0 aliphatic carbocycles. The summed E-state index contributed by atoms with van der Waals surface area (Å²) in [5.74, 6) is -4.62. The number of hydrogen-bond donors (Lipinski definition) is 3. The largest absolute Gasteiger partial charge is 0.490 e. The van der Waals surface area contributed by atoms with Crippen molar-refractivity contribution in [1.29, 1.82) is 0 Å². The molecule has 0 unspecified atom stereocenters. The van der Waals surface area contributed by atoms with Gasteiger partial charge in [0.2, 0.25) is 11.8 Å². The lowest BCUT2D eigenvalue weighted by Crippen LogP contribution is -2.56. The number of halogens is 3. The molecule has 3 heterocycles. The standard InChI is InChI=1S/C31H31N3O5S.C2HF3O2/c35-28(17-21-10-7-15-32-19-21)40-27(16-20-8-2-1-3-9-20)29(36)33-24-18-22-11-4-5-12-23(22)25-13-6-14-26(31(38)39)34(25)30(24)37;3-2(4,5)1(6)7/h1-5,7-12,15,19,24-27H,6,13-14,16-18H2,(H,33,36)(H,38,39);(H,6,7)/t24-,25+,26-,27-;/m0./s1. The predicted molar refractivity (Wildman–Crippen MR) is 165 cm³/mol. The van der Waals surface area contributed by atoms with Gasteiger partial charge in [-0.3, -0.25) is 19.4 Å². The van der Waals surface area contributed by atoms with Crippen LogP contribution in [0.25, 0.3) is 0 Å². The molecule has 0 bridgehead atoms. The molecular formula is C33H32F3N3O7S. The van der Waals surface area contributed by atoms with E-state index in [4.69, 9.17) is 9.90 Å². The molecule has 1 aromatic heterocycles. The van der Waals surface area contributed by atoms with Gasteiger partial charge in [-0.1, -0.05) is 72.4 Å². The molecule has 4 atom stereocenters. The predicted octanol–water partition coefficient (Wildman–Crippen LogP) is 4.38. The summed E-state index contributed by atoms with van der Waals surface area (Å²) in [4.78, 5) is 67.3. The summed E-state index contributed by atoms with van der Waals surface area (Å²) in [6, 6.07) is 18.4. The molecule has 5 rings (SSSR count). The van der Waals surface area contributed by atoms with Crippen molar-refractivity contribution in [3.05, 3.63) is 101 Å². The zero-order chi connectivity index (χ0) is 34.1. The van der Waals surface area contributed by atoms with Crippen molar-refractivity contribution in [2.24, 2.45) is 0 Å². The Balaban J connectivity index is 0.000000644. The highest BCUT2D eigenvalue weighted by Crippen LogP contribution is 2.39. The summed E-state index contributed by atoms with van der Waals surface area (Å²) in [5.41, 5.74) is 3.49. The number of rotatable bonds is 8. The number of aliphatic carboxylic acids is 2. The highest BCUT2D eigenvalue weighted by Gasteiger charge is 2.45. The average Bonchev–Trinajstić information content (AvgIpc) is 3.15.